The number of benzene rings is 2. The molecule has 0 amide bonds. The van der Waals surface area contributed by atoms with Gasteiger partial charge in [-0.1, -0.05) is 19.1 Å². The number of hydrogen-bond acceptors (Lipinski definition) is 2. The van der Waals surface area contributed by atoms with Crippen LogP contribution in [0.5, 0.6) is 0 Å². The van der Waals surface area contributed by atoms with Crippen molar-refractivity contribution in [1.29, 1.82) is 0 Å². The Morgan fingerprint density at radius 1 is 1.07 bits per heavy atom. The fraction of sp³-hybridized carbons (Fsp3) is 0.375. The number of aryl methyl sites for hydroxylation is 1. The van der Waals surface area contributed by atoms with E-state index in [9.17, 15) is 17.6 Å². The predicted molar refractivity (Wildman–Crippen MR) is 109 cm³/mol. The Labute approximate surface area is 172 Å². The first-order valence-corrected chi connectivity index (χ1v) is 10.1. The molecule has 5 rings (SSSR count). The highest BCUT2D eigenvalue weighted by Gasteiger charge is 2.86. The van der Waals surface area contributed by atoms with E-state index in [1.165, 1.54) is 12.1 Å². The highest BCUT2D eigenvalue weighted by molar-refractivity contribution is 5.91. The third-order valence-electron chi connectivity index (χ3n) is 6.92. The fourth-order valence-electron chi connectivity index (χ4n) is 5.39. The smallest absolute Gasteiger partial charge is 0.290 e. The molecule has 1 N–H and O–H groups in total. The van der Waals surface area contributed by atoms with Crippen LogP contribution in [-0.2, 0) is 0 Å². The van der Waals surface area contributed by atoms with Crippen LogP contribution in [0.2, 0.25) is 0 Å². The van der Waals surface area contributed by atoms with Gasteiger partial charge < -0.3 is 5.32 Å². The summed E-state index contributed by atoms with van der Waals surface area (Å²) in [5.41, 5.74) is 2.03. The van der Waals surface area contributed by atoms with E-state index in [1.807, 2.05) is 25.1 Å². The van der Waals surface area contributed by atoms with Crippen molar-refractivity contribution < 1.29 is 17.6 Å². The number of alkyl halides is 3. The Kier molecular flexibility index (Phi) is 3.99. The molecule has 2 aliphatic rings. The van der Waals surface area contributed by atoms with Crippen molar-refractivity contribution in [2.24, 2.45) is 5.41 Å². The van der Waals surface area contributed by atoms with Gasteiger partial charge in [0.25, 0.3) is 5.92 Å². The molecule has 0 saturated heterocycles. The van der Waals surface area contributed by atoms with Crippen LogP contribution in [0, 0.1) is 25.1 Å². The van der Waals surface area contributed by atoms with Crippen molar-refractivity contribution in [3.8, 4) is 0 Å². The number of anilines is 1. The maximum absolute atomic E-state index is 14.7. The molecule has 1 fully saturated rings. The first kappa shape index (κ1) is 19.3. The molecular formula is C24H22F4N2. The lowest BCUT2D eigenvalue weighted by Crippen LogP contribution is -2.35. The minimum absolute atomic E-state index is 0.0434. The van der Waals surface area contributed by atoms with E-state index >= 15 is 0 Å². The van der Waals surface area contributed by atoms with Crippen LogP contribution in [-0.4, -0.2) is 17.1 Å². The van der Waals surface area contributed by atoms with E-state index in [2.05, 4.69) is 10.3 Å². The second kappa shape index (κ2) is 6.19. The molecule has 0 radical (unpaired) electrons. The number of fused-ring (bicyclic) bond motifs is 2. The lowest BCUT2D eigenvalue weighted by Gasteiger charge is -2.39. The third-order valence-corrected chi connectivity index (χ3v) is 6.92. The normalized spacial score (nSPS) is 29.1. The largest absolute Gasteiger partial charge is 0.377 e. The Morgan fingerprint density at radius 2 is 1.80 bits per heavy atom. The molecular weight excluding hydrogens is 392 g/mol. The first-order chi connectivity index (χ1) is 14.2. The van der Waals surface area contributed by atoms with E-state index in [4.69, 9.17) is 0 Å². The molecule has 4 atom stereocenters. The quantitative estimate of drug-likeness (QED) is 0.477. The summed E-state index contributed by atoms with van der Waals surface area (Å²) >= 11 is 0. The van der Waals surface area contributed by atoms with Crippen LogP contribution >= 0.6 is 0 Å². The van der Waals surface area contributed by atoms with Gasteiger partial charge >= 0.3 is 0 Å². The highest BCUT2D eigenvalue weighted by Crippen LogP contribution is 2.74. The lowest BCUT2D eigenvalue weighted by molar-refractivity contribution is 0.0395. The van der Waals surface area contributed by atoms with Gasteiger partial charge in [-0.05, 0) is 73.2 Å². The number of hydrogen-bond donors (Lipinski definition) is 1. The number of pyridine rings is 1. The number of nitrogens with one attached hydrogen (secondary N) is 1. The second-order valence-electron chi connectivity index (χ2n) is 8.71. The summed E-state index contributed by atoms with van der Waals surface area (Å²) in [7, 11) is 0. The van der Waals surface area contributed by atoms with Crippen molar-refractivity contribution in [1.82, 2.24) is 4.98 Å². The topological polar surface area (TPSA) is 24.9 Å². The van der Waals surface area contributed by atoms with Gasteiger partial charge in [-0.2, -0.15) is 0 Å². The minimum atomic E-state index is -3.43. The summed E-state index contributed by atoms with van der Waals surface area (Å²) < 4.78 is 58.4. The van der Waals surface area contributed by atoms with E-state index < -0.39 is 23.6 Å². The molecule has 3 aromatic rings. The van der Waals surface area contributed by atoms with Crippen molar-refractivity contribution in [2.75, 3.05) is 5.32 Å². The summed E-state index contributed by atoms with van der Waals surface area (Å²) in [4.78, 5) is 4.50. The van der Waals surface area contributed by atoms with E-state index in [1.54, 1.807) is 26.0 Å². The highest BCUT2D eigenvalue weighted by atomic mass is 19.3. The molecule has 1 saturated carbocycles. The summed E-state index contributed by atoms with van der Waals surface area (Å²) in [6.45, 7) is 5.31. The average molecular weight is 414 g/mol. The Morgan fingerprint density at radius 3 is 2.50 bits per heavy atom. The van der Waals surface area contributed by atoms with Crippen molar-refractivity contribution in [3.05, 3.63) is 70.7 Å². The minimum Gasteiger partial charge on any atom is -0.377 e. The second-order valence-corrected chi connectivity index (χ2v) is 8.71. The zero-order valence-electron chi connectivity index (χ0n) is 16.9. The molecule has 2 aromatic carbocycles. The van der Waals surface area contributed by atoms with Gasteiger partial charge in [0.05, 0.1) is 17.0 Å². The van der Waals surface area contributed by atoms with E-state index in [0.717, 1.165) is 16.6 Å². The zero-order valence-corrected chi connectivity index (χ0v) is 16.9. The van der Waals surface area contributed by atoms with Gasteiger partial charge in [0, 0.05) is 16.8 Å². The van der Waals surface area contributed by atoms with E-state index in [-0.39, 0.29) is 18.2 Å². The maximum atomic E-state index is 14.7. The molecule has 30 heavy (non-hydrogen) atoms. The summed E-state index contributed by atoms with van der Waals surface area (Å²) in [5.74, 6) is -4.17. The van der Waals surface area contributed by atoms with E-state index in [0.29, 0.717) is 22.4 Å². The maximum Gasteiger partial charge on any atom is 0.290 e. The molecule has 6 heteroatoms. The number of aromatic nitrogens is 1. The van der Waals surface area contributed by atoms with Crippen LogP contribution in [0.15, 0.2) is 42.5 Å². The molecule has 1 heterocycles. The van der Waals surface area contributed by atoms with Crippen LogP contribution in [0.1, 0.15) is 47.7 Å². The number of halogens is 4. The lowest BCUT2D eigenvalue weighted by atomic mass is 9.70. The Balaban J connectivity index is 1.69. The molecule has 2 unspecified atom stereocenters. The molecule has 2 nitrogen and oxygen atoms in total. The fourth-order valence-corrected chi connectivity index (χ4v) is 5.39. The molecule has 2 aliphatic carbocycles. The van der Waals surface area contributed by atoms with Gasteiger partial charge in [-0.15, -0.1) is 0 Å². The predicted octanol–water partition coefficient (Wildman–Crippen LogP) is 6.62. The summed E-state index contributed by atoms with van der Waals surface area (Å²) in [5, 5.41) is 4.00. The average Bonchev–Trinajstić information content (AvgIpc) is 3.12. The SMILES string of the molecule is Cc1ccc2c(NC3c4ccc(F)c(C)c4[C@H](C)C[C@@]34C(F)C4(F)F)cccc2n1. The molecule has 0 aliphatic heterocycles. The van der Waals surface area contributed by atoms with Crippen LogP contribution in [0.25, 0.3) is 10.9 Å². The summed E-state index contributed by atoms with van der Waals surface area (Å²) in [6, 6.07) is 11.0. The standard InChI is InChI=1S/C24H22F4N2/c1-12-11-23(22(26)24(23,27)28)21(16-9-10-17(25)14(3)20(12)16)30-19-6-4-5-18-15(19)8-7-13(2)29-18/h4-10,12,21-22,30H,11H2,1-3H3/t12-,21?,22?,23+/m1/s1. The molecule has 156 valence electrons. The van der Waals surface area contributed by atoms with Crippen molar-refractivity contribution >= 4 is 16.6 Å². The molecule has 0 bridgehead atoms. The Hall–Kier alpha value is -2.63. The monoisotopic (exact) mass is 414 g/mol. The molecule has 1 spiro atoms. The number of rotatable bonds is 2. The van der Waals surface area contributed by atoms with Gasteiger partial charge in [0.1, 0.15) is 5.82 Å². The zero-order chi connectivity index (χ0) is 21.4. The van der Waals surface area contributed by atoms with Crippen LogP contribution < -0.4 is 5.32 Å². The van der Waals surface area contributed by atoms with Crippen LogP contribution in [0.3, 0.4) is 0 Å². The van der Waals surface area contributed by atoms with Crippen LogP contribution in [0.4, 0.5) is 23.2 Å². The molecule has 1 aromatic heterocycles. The van der Waals surface area contributed by atoms with Gasteiger partial charge in [0.15, 0.2) is 6.17 Å². The first-order valence-electron chi connectivity index (χ1n) is 10.1. The Bertz CT molecular complexity index is 1180. The van der Waals surface area contributed by atoms with Crippen molar-refractivity contribution in [2.45, 2.75) is 51.2 Å². The van der Waals surface area contributed by atoms with Crippen molar-refractivity contribution in [3.63, 3.8) is 0 Å². The third kappa shape index (κ3) is 2.39. The summed E-state index contributed by atoms with van der Waals surface area (Å²) in [6.07, 6.45) is -2.28. The van der Waals surface area contributed by atoms with Gasteiger partial charge in [-0.3, -0.25) is 4.98 Å². The van der Waals surface area contributed by atoms with Gasteiger partial charge in [0.2, 0.25) is 0 Å². The van der Waals surface area contributed by atoms with Gasteiger partial charge in [-0.25, -0.2) is 17.6 Å². The number of nitrogens with zero attached hydrogens (tertiary/aromatic N) is 1.